The predicted molar refractivity (Wildman–Crippen MR) is 103 cm³/mol. The first-order chi connectivity index (χ1) is 13.2. The van der Waals surface area contributed by atoms with Crippen LogP contribution in [0.25, 0.3) is 11.5 Å². The van der Waals surface area contributed by atoms with Gasteiger partial charge in [0.25, 0.3) is 5.22 Å². The second-order valence-electron chi connectivity index (χ2n) is 6.51. The summed E-state index contributed by atoms with van der Waals surface area (Å²) in [5.74, 6) is 0.736. The van der Waals surface area contributed by atoms with Crippen molar-refractivity contribution in [2.75, 3.05) is 12.8 Å². The van der Waals surface area contributed by atoms with Gasteiger partial charge >= 0.3 is 0 Å². The van der Waals surface area contributed by atoms with E-state index < -0.39 is 0 Å². The van der Waals surface area contributed by atoms with Crippen LogP contribution in [-0.2, 0) is 11.2 Å². The van der Waals surface area contributed by atoms with Gasteiger partial charge in [-0.3, -0.25) is 9.78 Å². The fraction of sp³-hybridized carbons (Fsp3) is 0.300. The van der Waals surface area contributed by atoms with Crippen LogP contribution in [0.15, 0.2) is 58.4 Å². The van der Waals surface area contributed by atoms with Gasteiger partial charge in [-0.15, -0.1) is 10.2 Å². The number of pyridine rings is 1. The number of carbonyl (C=O) groups excluding carboxylic acids is 1. The highest BCUT2D eigenvalue weighted by Crippen LogP contribution is 2.34. The molecule has 0 saturated carbocycles. The molecule has 138 valence electrons. The molecule has 1 aromatic carbocycles. The first kappa shape index (κ1) is 17.7. The summed E-state index contributed by atoms with van der Waals surface area (Å²) in [6.45, 7) is 0. The molecule has 2 aromatic heterocycles. The molecular formula is C20H20N4O2S. The second kappa shape index (κ2) is 7.92. The third-order valence-electron chi connectivity index (χ3n) is 4.83. The normalized spacial score (nSPS) is 16.0. The summed E-state index contributed by atoms with van der Waals surface area (Å²) in [5.41, 5.74) is 3.37. The van der Waals surface area contributed by atoms with E-state index in [0.717, 1.165) is 24.8 Å². The topological polar surface area (TPSA) is 72.1 Å². The molecule has 0 fully saturated rings. The van der Waals surface area contributed by atoms with E-state index >= 15 is 0 Å². The molecule has 4 rings (SSSR count). The number of benzene rings is 1. The number of aromatic nitrogens is 3. The van der Waals surface area contributed by atoms with Crippen LogP contribution in [0.5, 0.6) is 0 Å². The van der Waals surface area contributed by atoms with Gasteiger partial charge in [-0.25, -0.2) is 0 Å². The van der Waals surface area contributed by atoms with Crippen LogP contribution in [0.2, 0.25) is 0 Å². The Balaban J connectivity index is 1.39. The number of rotatable bonds is 5. The van der Waals surface area contributed by atoms with Crippen molar-refractivity contribution in [2.45, 2.75) is 30.5 Å². The lowest BCUT2D eigenvalue weighted by molar-refractivity contribution is -0.129. The van der Waals surface area contributed by atoms with Gasteiger partial charge in [0.2, 0.25) is 11.8 Å². The Morgan fingerprint density at radius 3 is 3.00 bits per heavy atom. The number of aryl methyl sites for hydroxylation is 1. The van der Waals surface area contributed by atoms with Gasteiger partial charge in [0.15, 0.2) is 0 Å². The van der Waals surface area contributed by atoms with Crippen LogP contribution in [0.3, 0.4) is 0 Å². The van der Waals surface area contributed by atoms with Crippen LogP contribution < -0.4 is 0 Å². The third kappa shape index (κ3) is 3.88. The molecule has 0 radical (unpaired) electrons. The lowest BCUT2D eigenvalue weighted by Gasteiger charge is -2.33. The number of thioether (sulfide) groups is 1. The number of nitrogens with zero attached hydrogens (tertiary/aromatic N) is 4. The Hall–Kier alpha value is -2.67. The van der Waals surface area contributed by atoms with Crippen LogP contribution in [0.4, 0.5) is 0 Å². The first-order valence-corrected chi connectivity index (χ1v) is 9.91. The standard InChI is InChI=1S/C20H20N4O2S/c1-24(17-10-4-7-14-6-2-3-9-16(14)17)18(25)13-27-20-23-22-19(26-20)15-8-5-11-21-12-15/h2-3,5-6,8-9,11-12,17H,4,7,10,13H2,1H3/t17-/m1/s1. The largest absolute Gasteiger partial charge is 0.411 e. The van der Waals surface area contributed by atoms with Gasteiger partial charge in [0, 0.05) is 19.4 Å². The van der Waals surface area contributed by atoms with Gasteiger partial charge in [-0.1, -0.05) is 36.0 Å². The van der Waals surface area contributed by atoms with Gasteiger partial charge in [-0.2, -0.15) is 0 Å². The molecule has 6 nitrogen and oxygen atoms in total. The van der Waals surface area contributed by atoms with Gasteiger partial charge in [0.1, 0.15) is 0 Å². The maximum absolute atomic E-state index is 12.7. The summed E-state index contributed by atoms with van der Waals surface area (Å²) >= 11 is 1.27. The molecule has 0 unspecified atom stereocenters. The summed E-state index contributed by atoms with van der Waals surface area (Å²) in [4.78, 5) is 18.6. The van der Waals surface area contributed by atoms with E-state index in [-0.39, 0.29) is 17.7 Å². The van der Waals surface area contributed by atoms with Crippen molar-refractivity contribution in [1.82, 2.24) is 20.1 Å². The van der Waals surface area contributed by atoms with Crippen molar-refractivity contribution >= 4 is 17.7 Å². The minimum atomic E-state index is 0.0582. The first-order valence-electron chi connectivity index (χ1n) is 8.92. The van der Waals surface area contributed by atoms with E-state index in [0.29, 0.717) is 11.1 Å². The average Bonchev–Trinajstić information content (AvgIpc) is 3.21. The van der Waals surface area contributed by atoms with E-state index in [1.165, 1.54) is 22.9 Å². The van der Waals surface area contributed by atoms with Crippen molar-refractivity contribution < 1.29 is 9.21 Å². The molecule has 2 heterocycles. The maximum Gasteiger partial charge on any atom is 0.277 e. The fourth-order valence-electron chi connectivity index (χ4n) is 3.40. The summed E-state index contributed by atoms with van der Waals surface area (Å²) in [7, 11) is 1.88. The van der Waals surface area contributed by atoms with Gasteiger partial charge < -0.3 is 9.32 Å². The molecule has 27 heavy (non-hydrogen) atoms. The Morgan fingerprint density at radius 1 is 1.26 bits per heavy atom. The summed E-state index contributed by atoms with van der Waals surface area (Å²) < 4.78 is 5.63. The average molecular weight is 380 g/mol. The van der Waals surface area contributed by atoms with Gasteiger partial charge in [-0.05, 0) is 42.5 Å². The second-order valence-corrected chi connectivity index (χ2v) is 7.44. The minimum Gasteiger partial charge on any atom is -0.411 e. The Morgan fingerprint density at radius 2 is 2.15 bits per heavy atom. The van der Waals surface area contributed by atoms with Crippen LogP contribution in [-0.4, -0.2) is 38.8 Å². The van der Waals surface area contributed by atoms with Crippen LogP contribution >= 0.6 is 11.8 Å². The van der Waals surface area contributed by atoms with Crippen molar-refractivity contribution in [3.8, 4) is 11.5 Å². The number of amides is 1. The fourth-order valence-corrected chi connectivity index (χ4v) is 4.09. The molecular weight excluding hydrogens is 360 g/mol. The lowest BCUT2D eigenvalue weighted by atomic mass is 9.87. The molecule has 0 N–H and O–H groups in total. The van der Waals surface area contributed by atoms with Crippen molar-refractivity contribution in [3.05, 3.63) is 59.9 Å². The molecule has 1 aliphatic carbocycles. The minimum absolute atomic E-state index is 0.0582. The number of hydrogen-bond acceptors (Lipinski definition) is 6. The predicted octanol–water partition coefficient (Wildman–Crippen LogP) is 3.76. The monoisotopic (exact) mass is 380 g/mol. The third-order valence-corrected chi connectivity index (χ3v) is 5.64. The van der Waals surface area contributed by atoms with Crippen LogP contribution in [0, 0.1) is 0 Å². The number of hydrogen-bond donors (Lipinski definition) is 0. The van der Waals surface area contributed by atoms with Crippen molar-refractivity contribution in [3.63, 3.8) is 0 Å². The molecule has 0 saturated heterocycles. The maximum atomic E-state index is 12.7. The number of carbonyl (C=O) groups is 1. The molecule has 1 amide bonds. The zero-order valence-corrected chi connectivity index (χ0v) is 15.9. The molecule has 0 spiro atoms. The molecule has 1 aliphatic rings. The molecule has 3 aromatic rings. The summed E-state index contributed by atoms with van der Waals surface area (Å²) in [5, 5.41) is 8.44. The zero-order chi connectivity index (χ0) is 18.6. The van der Waals surface area contributed by atoms with E-state index in [1.807, 2.05) is 30.1 Å². The highest BCUT2D eigenvalue weighted by Gasteiger charge is 2.26. The van der Waals surface area contributed by atoms with Crippen LogP contribution in [0.1, 0.15) is 30.0 Å². The van der Waals surface area contributed by atoms with E-state index in [2.05, 4.69) is 33.4 Å². The van der Waals surface area contributed by atoms with E-state index in [9.17, 15) is 4.79 Å². The highest BCUT2D eigenvalue weighted by molar-refractivity contribution is 7.99. The zero-order valence-electron chi connectivity index (χ0n) is 15.0. The smallest absolute Gasteiger partial charge is 0.277 e. The molecule has 0 bridgehead atoms. The van der Waals surface area contributed by atoms with Gasteiger partial charge in [0.05, 0.1) is 17.4 Å². The van der Waals surface area contributed by atoms with E-state index in [1.54, 1.807) is 12.4 Å². The SMILES string of the molecule is CN(C(=O)CSc1nnc(-c2cccnc2)o1)[C@@H]1CCCc2ccccc21. The molecule has 7 heteroatoms. The van der Waals surface area contributed by atoms with E-state index in [4.69, 9.17) is 4.42 Å². The highest BCUT2D eigenvalue weighted by atomic mass is 32.2. The summed E-state index contributed by atoms with van der Waals surface area (Å²) in [6, 6.07) is 12.2. The Kier molecular flexibility index (Phi) is 5.20. The molecule has 0 aliphatic heterocycles. The Bertz CT molecular complexity index is 928. The van der Waals surface area contributed by atoms with Crippen molar-refractivity contribution in [1.29, 1.82) is 0 Å². The summed E-state index contributed by atoms with van der Waals surface area (Å²) in [6.07, 6.45) is 6.54. The quantitative estimate of drug-likeness (QED) is 0.628. The Labute approximate surface area is 162 Å². The lowest BCUT2D eigenvalue weighted by Crippen LogP contribution is -2.34. The number of fused-ring (bicyclic) bond motifs is 1. The van der Waals surface area contributed by atoms with Crippen molar-refractivity contribution in [2.24, 2.45) is 0 Å². The molecule has 1 atom stereocenters.